The smallest absolute Gasteiger partial charge is 0.208 e. The van der Waals surface area contributed by atoms with Crippen molar-refractivity contribution >= 4 is 11.6 Å². The van der Waals surface area contributed by atoms with Crippen LogP contribution in [-0.4, -0.2) is 17.1 Å². The number of rotatable bonds is 3. The van der Waals surface area contributed by atoms with Crippen molar-refractivity contribution in [2.45, 2.75) is 13.8 Å². The summed E-state index contributed by atoms with van der Waals surface area (Å²) < 4.78 is 5.16. The van der Waals surface area contributed by atoms with E-state index in [2.05, 4.69) is 9.97 Å². The van der Waals surface area contributed by atoms with Gasteiger partial charge in [-0.15, -0.1) is 0 Å². The molecular weight excluding hydrogens is 324 g/mol. The van der Waals surface area contributed by atoms with Gasteiger partial charge in [0.1, 0.15) is 10.8 Å². The molecule has 3 rings (SSSR count). The predicted molar refractivity (Wildman–Crippen MR) is 96.8 cm³/mol. The first-order valence-electron chi connectivity index (χ1n) is 7.51. The number of methoxy groups -OCH3 is 1. The summed E-state index contributed by atoms with van der Waals surface area (Å²) in [5.74, 6) is 0.798. The second-order valence-corrected chi connectivity index (χ2v) is 5.93. The maximum Gasteiger partial charge on any atom is 0.208 e. The Labute approximate surface area is 145 Å². The van der Waals surface area contributed by atoms with Crippen molar-refractivity contribution in [1.82, 2.24) is 9.97 Å². The molecule has 0 aliphatic heterocycles. The number of aromatic nitrogens is 2. The minimum Gasteiger partial charge on any atom is -0.497 e. The number of ether oxygens (including phenoxy) is 1. The number of benzene rings is 1. The van der Waals surface area contributed by atoms with Crippen LogP contribution in [-0.2, 0) is 0 Å². The molecule has 3 aromatic rings. The van der Waals surface area contributed by atoms with Crippen LogP contribution in [0, 0.1) is 13.8 Å². The third kappa shape index (κ3) is 2.93. The molecule has 0 saturated carbocycles. The maximum atomic E-state index is 12.4. The molecule has 0 aliphatic rings. The molecule has 2 aromatic heterocycles. The van der Waals surface area contributed by atoms with E-state index in [0.29, 0.717) is 11.3 Å². The molecule has 0 spiro atoms. The molecule has 122 valence electrons. The van der Waals surface area contributed by atoms with E-state index < -0.39 is 0 Å². The highest BCUT2D eigenvalue weighted by molar-refractivity contribution is 6.31. The topological polar surface area (TPSA) is 55.0 Å². The zero-order chi connectivity index (χ0) is 17.3. The van der Waals surface area contributed by atoms with Gasteiger partial charge in [-0.2, -0.15) is 0 Å². The summed E-state index contributed by atoms with van der Waals surface area (Å²) in [6, 6.07) is 11.4. The largest absolute Gasteiger partial charge is 0.497 e. The van der Waals surface area contributed by atoms with Gasteiger partial charge in [0.2, 0.25) is 5.43 Å². The molecule has 4 nitrogen and oxygen atoms in total. The van der Waals surface area contributed by atoms with Crippen molar-refractivity contribution < 1.29 is 4.74 Å². The quantitative estimate of drug-likeness (QED) is 0.769. The summed E-state index contributed by atoms with van der Waals surface area (Å²) in [5, 5.41) is 0.217. The number of H-pyrrole nitrogens is 1. The number of hydrogen-bond donors (Lipinski definition) is 1. The van der Waals surface area contributed by atoms with E-state index in [-0.39, 0.29) is 10.5 Å². The van der Waals surface area contributed by atoms with E-state index in [0.717, 1.165) is 28.3 Å². The first-order valence-corrected chi connectivity index (χ1v) is 7.89. The number of nitrogens with one attached hydrogen (secondary N) is 1. The molecule has 0 bridgehead atoms. The summed E-state index contributed by atoms with van der Waals surface area (Å²) in [7, 11) is 1.63. The molecule has 0 saturated heterocycles. The van der Waals surface area contributed by atoms with Crippen molar-refractivity contribution in [1.29, 1.82) is 0 Å². The van der Waals surface area contributed by atoms with Gasteiger partial charge in [0, 0.05) is 28.7 Å². The highest BCUT2D eigenvalue weighted by atomic mass is 35.5. The van der Waals surface area contributed by atoms with Gasteiger partial charge in [0.05, 0.1) is 18.4 Å². The van der Waals surface area contributed by atoms with Crippen LogP contribution >= 0.6 is 11.6 Å². The molecule has 0 fully saturated rings. The highest BCUT2D eigenvalue weighted by Crippen LogP contribution is 2.25. The van der Waals surface area contributed by atoms with Gasteiger partial charge in [-0.25, -0.2) is 0 Å². The molecule has 0 atom stereocenters. The Morgan fingerprint density at radius 2 is 1.67 bits per heavy atom. The van der Waals surface area contributed by atoms with Gasteiger partial charge in [-0.05, 0) is 44.2 Å². The fraction of sp³-hybridized carbons (Fsp3) is 0.158. The molecular formula is C19H17ClN2O2. The Balaban J connectivity index is 2.01. The van der Waals surface area contributed by atoms with Gasteiger partial charge in [0.15, 0.2) is 0 Å². The fourth-order valence-electron chi connectivity index (χ4n) is 2.67. The average Bonchev–Trinajstić information content (AvgIpc) is 2.60. The summed E-state index contributed by atoms with van der Waals surface area (Å²) in [6.45, 7) is 3.64. The monoisotopic (exact) mass is 340 g/mol. The minimum atomic E-state index is -0.176. The van der Waals surface area contributed by atoms with Crippen LogP contribution < -0.4 is 10.2 Å². The first-order chi connectivity index (χ1) is 11.5. The van der Waals surface area contributed by atoms with E-state index in [1.54, 1.807) is 20.2 Å². The van der Waals surface area contributed by atoms with Crippen LogP contribution in [0.25, 0.3) is 22.4 Å². The minimum absolute atomic E-state index is 0.176. The van der Waals surface area contributed by atoms with Gasteiger partial charge < -0.3 is 9.72 Å². The number of pyridine rings is 2. The average molecular weight is 341 g/mol. The van der Waals surface area contributed by atoms with Gasteiger partial charge in [0.25, 0.3) is 0 Å². The second kappa shape index (κ2) is 6.49. The van der Waals surface area contributed by atoms with Crippen LogP contribution in [0.5, 0.6) is 5.75 Å². The van der Waals surface area contributed by atoms with Crippen LogP contribution in [0.2, 0.25) is 5.02 Å². The van der Waals surface area contributed by atoms with Crippen molar-refractivity contribution in [3.8, 4) is 28.1 Å². The van der Waals surface area contributed by atoms with Gasteiger partial charge in [-0.1, -0.05) is 17.7 Å². The summed E-state index contributed by atoms with van der Waals surface area (Å²) in [5.41, 5.74) is 4.38. The highest BCUT2D eigenvalue weighted by Gasteiger charge is 2.13. The van der Waals surface area contributed by atoms with Crippen molar-refractivity contribution in [2.24, 2.45) is 0 Å². The Bertz CT molecular complexity index is 929. The lowest BCUT2D eigenvalue weighted by Gasteiger charge is -2.09. The van der Waals surface area contributed by atoms with Crippen LogP contribution in [0.3, 0.4) is 0 Å². The van der Waals surface area contributed by atoms with Crippen molar-refractivity contribution in [2.75, 3.05) is 7.11 Å². The predicted octanol–water partition coefficient (Wildman–Crippen LogP) is 4.38. The molecule has 5 heteroatoms. The number of hydrogen-bond acceptors (Lipinski definition) is 3. The van der Waals surface area contributed by atoms with E-state index >= 15 is 0 Å². The Hall–Kier alpha value is -2.59. The zero-order valence-electron chi connectivity index (χ0n) is 13.7. The molecule has 24 heavy (non-hydrogen) atoms. The Morgan fingerprint density at radius 3 is 2.25 bits per heavy atom. The van der Waals surface area contributed by atoms with Crippen molar-refractivity contribution in [3.63, 3.8) is 0 Å². The summed E-state index contributed by atoms with van der Waals surface area (Å²) in [4.78, 5) is 20.1. The standard InChI is InChI=1S/C19H17ClN2O2/c1-11-17(19(23)18(20)12(2)22-11)14-6-9-16(21-10-14)13-4-7-15(24-3)8-5-13/h4-10H,1-3H3,(H,22,23). The number of halogens is 1. The van der Waals surface area contributed by atoms with Crippen molar-refractivity contribution in [3.05, 3.63) is 69.2 Å². The molecule has 0 amide bonds. The van der Waals surface area contributed by atoms with Crippen LogP contribution in [0.1, 0.15) is 11.4 Å². The first kappa shape index (κ1) is 16.3. The van der Waals surface area contributed by atoms with E-state index in [4.69, 9.17) is 16.3 Å². The zero-order valence-corrected chi connectivity index (χ0v) is 14.4. The lowest BCUT2D eigenvalue weighted by molar-refractivity contribution is 0.415. The molecule has 0 radical (unpaired) electrons. The molecule has 1 N–H and O–H groups in total. The SMILES string of the molecule is COc1ccc(-c2ccc(-c3c(C)[nH]c(C)c(Cl)c3=O)cn2)cc1. The second-order valence-electron chi connectivity index (χ2n) is 5.55. The lowest BCUT2D eigenvalue weighted by atomic mass is 10.0. The normalized spacial score (nSPS) is 10.7. The lowest BCUT2D eigenvalue weighted by Crippen LogP contribution is -2.11. The van der Waals surface area contributed by atoms with E-state index in [1.165, 1.54) is 0 Å². The Kier molecular flexibility index (Phi) is 4.40. The van der Waals surface area contributed by atoms with Gasteiger partial charge >= 0.3 is 0 Å². The molecule has 1 aromatic carbocycles. The van der Waals surface area contributed by atoms with Crippen LogP contribution in [0.15, 0.2) is 47.4 Å². The van der Waals surface area contributed by atoms with Crippen LogP contribution in [0.4, 0.5) is 0 Å². The third-order valence-corrected chi connectivity index (χ3v) is 4.40. The number of nitrogens with zero attached hydrogens (tertiary/aromatic N) is 1. The molecule has 0 aliphatic carbocycles. The molecule has 0 unspecified atom stereocenters. The molecule has 2 heterocycles. The van der Waals surface area contributed by atoms with E-state index in [9.17, 15) is 4.79 Å². The summed E-state index contributed by atoms with van der Waals surface area (Å²) >= 11 is 6.08. The van der Waals surface area contributed by atoms with Gasteiger partial charge in [-0.3, -0.25) is 9.78 Å². The number of aryl methyl sites for hydroxylation is 2. The summed E-state index contributed by atoms with van der Waals surface area (Å²) in [6.07, 6.45) is 1.70. The third-order valence-electron chi connectivity index (χ3n) is 3.94. The fourth-order valence-corrected chi connectivity index (χ4v) is 2.81. The Morgan fingerprint density at radius 1 is 1.00 bits per heavy atom. The van der Waals surface area contributed by atoms with E-state index in [1.807, 2.05) is 43.3 Å². The maximum absolute atomic E-state index is 12.4. The number of aromatic amines is 1.